The van der Waals surface area contributed by atoms with Crippen LogP contribution >= 0.6 is 0 Å². The predicted molar refractivity (Wildman–Crippen MR) is 312 cm³/mol. The summed E-state index contributed by atoms with van der Waals surface area (Å²) in [5, 5.41) is 0. The Kier molecular flexibility index (Phi) is 59.6. The van der Waals surface area contributed by atoms with Gasteiger partial charge in [0.1, 0.15) is 13.2 Å². The van der Waals surface area contributed by atoms with Crippen molar-refractivity contribution in [1.29, 1.82) is 0 Å². The molecule has 0 radical (unpaired) electrons. The van der Waals surface area contributed by atoms with Crippen molar-refractivity contribution < 1.29 is 28.6 Å². The van der Waals surface area contributed by atoms with Crippen LogP contribution in [0.3, 0.4) is 0 Å². The van der Waals surface area contributed by atoms with Crippen LogP contribution in [0.5, 0.6) is 0 Å². The second-order valence-electron chi connectivity index (χ2n) is 22.0. The fourth-order valence-corrected chi connectivity index (χ4v) is 9.83. The molecule has 0 aromatic carbocycles. The number of hydrogen-bond donors (Lipinski definition) is 0. The highest BCUT2D eigenvalue weighted by molar-refractivity contribution is 5.71. The van der Waals surface area contributed by atoms with Crippen molar-refractivity contribution in [3.63, 3.8) is 0 Å². The van der Waals surface area contributed by atoms with Crippen LogP contribution in [-0.2, 0) is 28.6 Å². The van der Waals surface area contributed by atoms with Crippen LogP contribution in [0.25, 0.3) is 0 Å². The van der Waals surface area contributed by atoms with Gasteiger partial charge in [-0.1, -0.05) is 315 Å². The summed E-state index contributed by atoms with van der Waals surface area (Å²) in [5.41, 5.74) is 0. The first-order valence-electron chi connectivity index (χ1n) is 32.3. The monoisotopic (exact) mass is 1010 g/mol. The molecular formula is C66H124O6. The van der Waals surface area contributed by atoms with E-state index in [2.05, 4.69) is 45.1 Å². The minimum Gasteiger partial charge on any atom is -0.462 e. The van der Waals surface area contributed by atoms with E-state index >= 15 is 0 Å². The van der Waals surface area contributed by atoms with Crippen LogP contribution in [0.1, 0.15) is 361 Å². The topological polar surface area (TPSA) is 78.9 Å². The van der Waals surface area contributed by atoms with E-state index in [9.17, 15) is 14.4 Å². The molecule has 0 bridgehead atoms. The number of ether oxygens (including phenoxy) is 3. The standard InChI is InChI=1S/C66H124O6/c1-4-7-10-13-16-18-20-22-24-26-27-28-29-30-31-32-33-34-35-36-37-38-39-41-42-44-46-48-50-53-56-59-65(68)71-62-63(61-70-64(67)58-55-52-15-12-9-6-3)72-66(69)60-57-54-51-49-47-45-43-40-25-23-21-19-17-14-11-8-5-2/h20,22,26-27,63H,4-19,21,23-25,28-62H2,1-3H3/b22-20-,27-26-. The minimum absolute atomic E-state index is 0.0647. The second kappa shape index (κ2) is 61.4. The third kappa shape index (κ3) is 58.8. The second-order valence-corrected chi connectivity index (χ2v) is 22.0. The molecule has 6 nitrogen and oxygen atoms in total. The summed E-state index contributed by atoms with van der Waals surface area (Å²) in [5.74, 6) is -0.850. The van der Waals surface area contributed by atoms with Gasteiger partial charge < -0.3 is 14.2 Å². The molecule has 1 atom stereocenters. The smallest absolute Gasteiger partial charge is 0.306 e. The summed E-state index contributed by atoms with van der Waals surface area (Å²) in [6.07, 6.45) is 73.8. The molecule has 0 aliphatic carbocycles. The Balaban J connectivity index is 3.95. The van der Waals surface area contributed by atoms with Crippen molar-refractivity contribution >= 4 is 17.9 Å². The van der Waals surface area contributed by atoms with E-state index in [4.69, 9.17) is 14.2 Å². The Morgan fingerprint density at radius 3 is 0.764 bits per heavy atom. The molecule has 72 heavy (non-hydrogen) atoms. The molecule has 0 amide bonds. The minimum atomic E-state index is -0.763. The maximum atomic E-state index is 12.8. The maximum absolute atomic E-state index is 12.8. The molecule has 0 aliphatic rings. The SMILES string of the molecule is CCCCCCC/C=C\C/C=C\CCCCCCCCCCCCCCCCCCCCCC(=O)OCC(COC(=O)CCCCCCCC)OC(=O)CCCCCCCCCCCCCCCCCCC. The molecular weight excluding hydrogens is 889 g/mol. The third-order valence-electron chi connectivity index (χ3n) is 14.7. The Hall–Kier alpha value is -2.11. The van der Waals surface area contributed by atoms with Crippen LogP contribution in [-0.4, -0.2) is 37.2 Å². The van der Waals surface area contributed by atoms with Gasteiger partial charge in [-0.2, -0.15) is 0 Å². The van der Waals surface area contributed by atoms with Crippen LogP contribution < -0.4 is 0 Å². The first-order chi connectivity index (χ1) is 35.5. The summed E-state index contributed by atoms with van der Waals surface area (Å²) in [7, 11) is 0. The van der Waals surface area contributed by atoms with Gasteiger partial charge in [-0.3, -0.25) is 14.4 Å². The van der Waals surface area contributed by atoms with Gasteiger partial charge in [0, 0.05) is 19.3 Å². The van der Waals surface area contributed by atoms with E-state index in [0.29, 0.717) is 19.3 Å². The number of esters is 3. The van der Waals surface area contributed by atoms with Gasteiger partial charge in [-0.15, -0.1) is 0 Å². The van der Waals surface area contributed by atoms with Gasteiger partial charge in [-0.05, 0) is 51.4 Å². The van der Waals surface area contributed by atoms with E-state index < -0.39 is 6.10 Å². The largest absolute Gasteiger partial charge is 0.462 e. The van der Waals surface area contributed by atoms with Crippen molar-refractivity contribution in [3.8, 4) is 0 Å². The quantitative estimate of drug-likeness (QED) is 0.0261. The highest BCUT2D eigenvalue weighted by Crippen LogP contribution is 2.18. The highest BCUT2D eigenvalue weighted by Gasteiger charge is 2.19. The highest BCUT2D eigenvalue weighted by atomic mass is 16.6. The van der Waals surface area contributed by atoms with Crippen LogP contribution in [0.2, 0.25) is 0 Å². The van der Waals surface area contributed by atoms with Gasteiger partial charge in [0.15, 0.2) is 6.10 Å². The normalized spacial score (nSPS) is 12.1. The molecule has 0 saturated carbocycles. The summed E-state index contributed by atoms with van der Waals surface area (Å²) < 4.78 is 16.8. The Morgan fingerprint density at radius 2 is 0.500 bits per heavy atom. The van der Waals surface area contributed by atoms with Crippen molar-refractivity contribution in [1.82, 2.24) is 0 Å². The molecule has 424 valence electrons. The van der Waals surface area contributed by atoms with Crippen molar-refractivity contribution in [3.05, 3.63) is 24.3 Å². The molecule has 0 saturated heterocycles. The Bertz CT molecular complexity index is 1160. The first kappa shape index (κ1) is 69.9. The zero-order valence-corrected chi connectivity index (χ0v) is 48.7. The van der Waals surface area contributed by atoms with Crippen LogP contribution in [0, 0.1) is 0 Å². The first-order valence-corrected chi connectivity index (χ1v) is 32.3. The van der Waals surface area contributed by atoms with Gasteiger partial charge in [0.25, 0.3) is 0 Å². The summed E-state index contributed by atoms with van der Waals surface area (Å²) in [6, 6.07) is 0. The van der Waals surface area contributed by atoms with E-state index in [1.165, 1.54) is 257 Å². The van der Waals surface area contributed by atoms with E-state index in [0.717, 1.165) is 64.2 Å². The zero-order valence-electron chi connectivity index (χ0n) is 48.7. The molecule has 0 spiro atoms. The number of rotatable bonds is 60. The van der Waals surface area contributed by atoms with Gasteiger partial charge >= 0.3 is 17.9 Å². The van der Waals surface area contributed by atoms with E-state index in [-0.39, 0.29) is 31.1 Å². The molecule has 6 heteroatoms. The molecule has 0 N–H and O–H groups in total. The van der Waals surface area contributed by atoms with E-state index in [1.807, 2.05) is 0 Å². The number of carbonyl (C=O) groups is 3. The number of carbonyl (C=O) groups excluding carboxylic acids is 3. The maximum Gasteiger partial charge on any atom is 0.306 e. The fourth-order valence-electron chi connectivity index (χ4n) is 9.83. The molecule has 1 unspecified atom stereocenters. The molecule has 0 aromatic heterocycles. The summed E-state index contributed by atoms with van der Waals surface area (Å²) in [4.78, 5) is 38.0. The van der Waals surface area contributed by atoms with Crippen molar-refractivity contribution in [2.45, 2.75) is 367 Å². The summed E-state index contributed by atoms with van der Waals surface area (Å²) >= 11 is 0. The summed E-state index contributed by atoms with van der Waals surface area (Å²) in [6.45, 7) is 6.63. The number of hydrogen-bond acceptors (Lipinski definition) is 6. The molecule has 0 fully saturated rings. The lowest BCUT2D eigenvalue weighted by molar-refractivity contribution is -0.167. The zero-order chi connectivity index (χ0) is 52.2. The van der Waals surface area contributed by atoms with Crippen molar-refractivity contribution in [2.75, 3.05) is 13.2 Å². The Morgan fingerprint density at radius 1 is 0.278 bits per heavy atom. The molecule has 0 aliphatic heterocycles. The lowest BCUT2D eigenvalue weighted by Gasteiger charge is -2.18. The van der Waals surface area contributed by atoms with Crippen molar-refractivity contribution in [2.24, 2.45) is 0 Å². The fraction of sp³-hybridized carbons (Fsp3) is 0.894. The Labute approximate surface area is 449 Å². The molecule has 0 aromatic rings. The molecule has 0 heterocycles. The van der Waals surface area contributed by atoms with E-state index in [1.54, 1.807) is 0 Å². The average molecular weight is 1010 g/mol. The van der Waals surface area contributed by atoms with Gasteiger partial charge in [0.05, 0.1) is 0 Å². The third-order valence-corrected chi connectivity index (χ3v) is 14.7. The lowest BCUT2D eigenvalue weighted by atomic mass is 10.0. The van der Waals surface area contributed by atoms with Crippen LogP contribution in [0.4, 0.5) is 0 Å². The lowest BCUT2D eigenvalue weighted by Crippen LogP contribution is -2.30. The average Bonchev–Trinajstić information content (AvgIpc) is 3.38. The predicted octanol–water partition coefficient (Wildman–Crippen LogP) is 21.8. The van der Waals surface area contributed by atoms with Gasteiger partial charge in [-0.25, -0.2) is 0 Å². The number of allylic oxidation sites excluding steroid dienone is 4. The number of unbranched alkanes of at least 4 members (excludes halogenated alkanes) is 45. The van der Waals surface area contributed by atoms with Crippen LogP contribution in [0.15, 0.2) is 24.3 Å². The van der Waals surface area contributed by atoms with Gasteiger partial charge in [0.2, 0.25) is 0 Å². The molecule has 0 rings (SSSR count).